The Bertz CT molecular complexity index is 488. The minimum absolute atomic E-state index is 1.07. The van der Waals surface area contributed by atoms with Gasteiger partial charge in [0.25, 0.3) is 0 Å². The molecule has 1 N–H and O–H groups in total. The van der Waals surface area contributed by atoms with Gasteiger partial charge >= 0.3 is 0 Å². The smallest absolute Gasteiger partial charge is 0.0681 e. The summed E-state index contributed by atoms with van der Waals surface area (Å²) in [5, 5.41) is 7.79. The van der Waals surface area contributed by atoms with Crippen LogP contribution < -0.4 is 5.32 Å². The van der Waals surface area contributed by atoms with Gasteiger partial charge in [-0.15, -0.1) is 0 Å². The number of hydrogen-bond donors (Lipinski definition) is 1. The summed E-state index contributed by atoms with van der Waals surface area (Å²) in [6.07, 6.45) is 4.80. The van der Waals surface area contributed by atoms with Crippen molar-refractivity contribution in [2.24, 2.45) is 7.05 Å². The molecule has 0 amide bonds. The highest BCUT2D eigenvalue weighted by Crippen LogP contribution is 2.20. The van der Waals surface area contributed by atoms with E-state index in [0.29, 0.717) is 0 Å². The molecule has 0 aliphatic rings. The average molecular weight is 257 g/mol. The zero-order chi connectivity index (χ0) is 13.5. The molecule has 1 aromatic heterocycles. The molecule has 0 atom stereocenters. The molecule has 0 aliphatic carbocycles. The summed E-state index contributed by atoms with van der Waals surface area (Å²) < 4.78 is 1.98. The van der Waals surface area contributed by atoms with Gasteiger partial charge in [-0.05, 0) is 44.5 Å². The van der Waals surface area contributed by atoms with Crippen LogP contribution in [0, 0.1) is 0 Å². The lowest BCUT2D eigenvalue weighted by atomic mass is 10.1. The summed E-state index contributed by atoms with van der Waals surface area (Å²) in [5.74, 6) is 0. The monoisotopic (exact) mass is 257 g/mol. The van der Waals surface area contributed by atoms with Crippen LogP contribution in [0.2, 0.25) is 0 Å². The Morgan fingerprint density at radius 3 is 2.63 bits per heavy atom. The molecule has 0 saturated carbocycles. The fourth-order valence-electron chi connectivity index (χ4n) is 2.31. The lowest BCUT2D eigenvalue weighted by molar-refractivity contribution is 0.632. The first-order valence-electron chi connectivity index (χ1n) is 7.04. The van der Waals surface area contributed by atoms with Crippen LogP contribution >= 0.6 is 0 Å². The van der Waals surface area contributed by atoms with E-state index in [1.54, 1.807) is 0 Å². The Balaban J connectivity index is 1.94. The maximum Gasteiger partial charge on any atom is 0.0681 e. The van der Waals surface area contributed by atoms with Crippen LogP contribution in [0.5, 0.6) is 0 Å². The van der Waals surface area contributed by atoms with Gasteiger partial charge in [0, 0.05) is 7.05 Å². The fraction of sp³-hybridized carbons (Fsp3) is 0.438. The zero-order valence-electron chi connectivity index (χ0n) is 11.9. The highest BCUT2D eigenvalue weighted by Gasteiger charge is 2.06. The summed E-state index contributed by atoms with van der Waals surface area (Å²) in [6.45, 7) is 1.11. The maximum absolute atomic E-state index is 4.61. The van der Waals surface area contributed by atoms with E-state index in [1.807, 2.05) is 24.8 Å². The van der Waals surface area contributed by atoms with Crippen molar-refractivity contribution in [3.8, 4) is 11.3 Å². The first-order valence-corrected chi connectivity index (χ1v) is 7.04. The minimum atomic E-state index is 1.07. The minimum Gasteiger partial charge on any atom is -0.320 e. The van der Waals surface area contributed by atoms with Gasteiger partial charge in [0.1, 0.15) is 0 Å². The van der Waals surface area contributed by atoms with Crippen LogP contribution in [0.25, 0.3) is 11.3 Å². The first kappa shape index (κ1) is 13.8. The molecule has 102 valence electrons. The predicted octanol–water partition coefficient (Wildman–Crippen LogP) is 3.02. The topological polar surface area (TPSA) is 29.9 Å². The van der Waals surface area contributed by atoms with Crippen molar-refractivity contribution in [3.63, 3.8) is 0 Å². The molecule has 2 rings (SSSR count). The van der Waals surface area contributed by atoms with E-state index in [1.165, 1.54) is 36.2 Å². The van der Waals surface area contributed by atoms with Gasteiger partial charge in [0.05, 0.1) is 11.4 Å². The van der Waals surface area contributed by atoms with Gasteiger partial charge in [-0.3, -0.25) is 4.68 Å². The van der Waals surface area contributed by atoms with Crippen LogP contribution in [0.15, 0.2) is 36.4 Å². The average Bonchev–Trinajstić information content (AvgIpc) is 2.81. The highest BCUT2D eigenvalue weighted by atomic mass is 15.3. The summed E-state index contributed by atoms with van der Waals surface area (Å²) in [7, 11) is 4.03. The zero-order valence-corrected chi connectivity index (χ0v) is 11.9. The van der Waals surface area contributed by atoms with Crippen molar-refractivity contribution in [3.05, 3.63) is 42.1 Å². The van der Waals surface area contributed by atoms with E-state index in [4.69, 9.17) is 0 Å². The summed E-state index contributed by atoms with van der Waals surface area (Å²) in [5.41, 5.74) is 3.63. The van der Waals surface area contributed by atoms with Crippen molar-refractivity contribution < 1.29 is 0 Å². The summed E-state index contributed by atoms with van der Waals surface area (Å²) in [4.78, 5) is 0. The van der Waals surface area contributed by atoms with E-state index in [-0.39, 0.29) is 0 Å². The Morgan fingerprint density at radius 1 is 1.11 bits per heavy atom. The van der Waals surface area contributed by atoms with Gasteiger partial charge in [0.2, 0.25) is 0 Å². The molecule has 3 heteroatoms. The number of hydrogen-bond acceptors (Lipinski definition) is 2. The SMILES string of the molecule is CNCCCCCc1cc(-c2ccccc2)n(C)n1. The second-order valence-corrected chi connectivity index (χ2v) is 4.92. The van der Waals surface area contributed by atoms with Crippen LogP contribution in [-0.4, -0.2) is 23.4 Å². The van der Waals surface area contributed by atoms with Crippen molar-refractivity contribution in [1.82, 2.24) is 15.1 Å². The molecular formula is C16H23N3. The van der Waals surface area contributed by atoms with Crippen molar-refractivity contribution >= 4 is 0 Å². The van der Waals surface area contributed by atoms with Crippen LogP contribution in [0.4, 0.5) is 0 Å². The summed E-state index contributed by atoms with van der Waals surface area (Å²) in [6, 6.07) is 12.7. The van der Waals surface area contributed by atoms with E-state index in [9.17, 15) is 0 Å². The number of unbranched alkanes of at least 4 members (excludes halogenated alkanes) is 2. The molecule has 0 spiro atoms. The fourth-order valence-corrected chi connectivity index (χ4v) is 2.31. The van der Waals surface area contributed by atoms with Gasteiger partial charge in [-0.2, -0.15) is 5.10 Å². The van der Waals surface area contributed by atoms with E-state index in [2.05, 4.69) is 40.7 Å². The third kappa shape index (κ3) is 3.93. The van der Waals surface area contributed by atoms with Gasteiger partial charge in [0.15, 0.2) is 0 Å². The third-order valence-corrected chi connectivity index (χ3v) is 3.36. The maximum atomic E-state index is 4.61. The predicted molar refractivity (Wildman–Crippen MR) is 80.1 cm³/mol. The molecule has 1 heterocycles. The number of benzene rings is 1. The lowest BCUT2D eigenvalue weighted by Crippen LogP contribution is -2.07. The third-order valence-electron chi connectivity index (χ3n) is 3.36. The Kier molecular flexibility index (Phi) is 5.16. The standard InChI is InChI=1S/C16H23N3/c1-17-12-8-4-7-11-15-13-16(19(2)18-15)14-9-5-3-6-10-14/h3,5-6,9-10,13,17H,4,7-8,11-12H2,1-2H3. The molecule has 0 unspecified atom stereocenters. The molecule has 3 nitrogen and oxygen atoms in total. The normalized spacial score (nSPS) is 10.8. The van der Waals surface area contributed by atoms with E-state index >= 15 is 0 Å². The van der Waals surface area contributed by atoms with E-state index < -0.39 is 0 Å². The lowest BCUT2D eigenvalue weighted by Gasteiger charge is -1.99. The van der Waals surface area contributed by atoms with Crippen molar-refractivity contribution in [2.45, 2.75) is 25.7 Å². The van der Waals surface area contributed by atoms with Crippen molar-refractivity contribution in [1.29, 1.82) is 0 Å². The van der Waals surface area contributed by atoms with Crippen LogP contribution in [0.3, 0.4) is 0 Å². The summed E-state index contributed by atoms with van der Waals surface area (Å²) >= 11 is 0. The number of nitrogens with one attached hydrogen (secondary N) is 1. The Labute approximate surface area is 115 Å². The van der Waals surface area contributed by atoms with Gasteiger partial charge < -0.3 is 5.32 Å². The molecule has 0 bridgehead atoms. The van der Waals surface area contributed by atoms with Crippen LogP contribution in [0.1, 0.15) is 25.0 Å². The van der Waals surface area contributed by atoms with Gasteiger partial charge in [-0.1, -0.05) is 36.8 Å². The molecule has 0 radical (unpaired) electrons. The first-order chi connectivity index (χ1) is 9.31. The van der Waals surface area contributed by atoms with Crippen LogP contribution in [-0.2, 0) is 13.5 Å². The van der Waals surface area contributed by atoms with Gasteiger partial charge in [-0.25, -0.2) is 0 Å². The molecule has 0 saturated heterocycles. The molecule has 2 aromatic rings. The molecular weight excluding hydrogens is 234 g/mol. The molecule has 19 heavy (non-hydrogen) atoms. The Morgan fingerprint density at radius 2 is 1.89 bits per heavy atom. The number of nitrogens with zero attached hydrogens (tertiary/aromatic N) is 2. The Hall–Kier alpha value is -1.61. The number of rotatable bonds is 7. The quantitative estimate of drug-likeness (QED) is 0.773. The largest absolute Gasteiger partial charge is 0.320 e. The molecule has 0 aliphatic heterocycles. The second kappa shape index (κ2) is 7.10. The second-order valence-electron chi connectivity index (χ2n) is 4.92. The molecule has 0 fully saturated rings. The van der Waals surface area contributed by atoms with Crippen molar-refractivity contribution in [2.75, 3.05) is 13.6 Å². The van der Waals surface area contributed by atoms with E-state index in [0.717, 1.165) is 13.0 Å². The number of aryl methyl sites for hydroxylation is 2. The molecule has 1 aromatic carbocycles. The number of aromatic nitrogens is 2. The highest BCUT2D eigenvalue weighted by molar-refractivity contribution is 5.59.